The molecule has 72 valence electrons. The van der Waals surface area contributed by atoms with Crippen LogP contribution in [0.15, 0.2) is 12.2 Å². The van der Waals surface area contributed by atoms with E-state index in [-0.39, 0.29) is 0 Å². The van der Waals surface area contributed by atoms with Crippen molar-refractivity contribution >= 4 is 0 Å². The second kappa shape index (κ2) is 8.79. The van der Waals surface area contributed by atoms with Gasteiger partial charge >= 0.3 is 0 Å². The van der Waals surface area contributed by atoms with Crippen LogP contribution < -0.4 is 0 Å². The highest BCUT2D eigenvalue weighted by Crippen LogP contribution is 1.96. The lowest BCUT2D eigenvalue weighted by molar-refractivity contribution is 0.301. The van der Waals surface area contributed by atoms with Gasteiger partial charge < -0.3 is 4.90 Å². The Bertz CT molecular complexity index is 104. The first-order chi connectivity index (χ1) is 5.85. The summed E-state index contributed by atoms with van der Waals surface area (Å²) in [4.78, 5) is 2.47. The quantitative estimate of drug-likeness (QED) is 0.418. The first-order valence-electron chi connectivity index (χ1n) is 5.22. The Morgan fingerprint density at radius 1 is 1.00 bits per heavy atom. The molecule has 0 saturated carbocycles. The summed E-state index contributed by atoms with van der Waals surface area (Å²) in [6.45, 7) is 10.3. The molecule has 0 radical (unpaired) electrons. The summed E-state index contributed by atoms with van der Waals surface area (Å²) in [5.74, 6) is 0. The summed E-state index contributed by atoms with van der Waals surface area (Å²) in [6, 6.07) is 0. The van der Waals surface area contributed by atoms with E-state index in [2.05, 4.69) is 37.8 Å². The van der Waals surface area contributed by atoms with Gasteiger partial charge in [-0.3, -0.25) is 0 Å². The fourth-order valence-corrected chi connectivity index (χ4v) is 1.26. The zero-order valence-electron chi connectivity index (χ0n) is 8.84. The Labute approximate surface area is 77.5 Å². The number of hydrogen-bond donors (Lipinski definition) is 0. The van der Waals surface area contributed by atoms with Crippen molar-refractivity contribution in [1.82, 2.24) is 4.90 Å². The van der Waals surface area contributed by atoms with Crippen LogP contribution in [-0.4, -0.2) is 24.5 Å². The minimum absolute atomic E-state index is 1.17. The molecular formula is C11H23N. The van der Waals surface area contributed by atoms with E-state index in [1.807, 2.05) is 0 Å². The SMILES string of the molecule is CCC=CCCCN(CC)CC. The third kappa shape index (κ3) is 6.41. The Kier molecular flexibility index (Phi) is 8.57. The van der Waals surface area contributed by atoms with Crippen molar-refractivity contribution in [2.24, 2.45) is 0 Å². The van der Waals surface area contributed by atoms with E-state index in [1.165, 1.54) is 38.9 Å². The number of nitrogens with zero attached hydrogens (tertiary/aromatic N) is 1. The number of hydrogen-bond acceptors (Lipinski definition) is 1. The summed E-state index contributed by atoms with van der Waals surface area (Å²) in [5.41, 5.74) is 0. The maximum Gasteiger partial charge on any atom is -0.00160 e. The van der Waals surface area contributed by atoms with Crippen LogP contribution in [0.2, 0.25) is 0 Å². The van der Waals surface area contributed by atoms with E-state index in [4.69, 9.17) is 0 Å². The van der Waals surface area contributed by atoms with Gasteiger partial charge in [-0.15, -0.1) is 0 Å². The molecule has 12 heavy (non-hydrogen) atoms. The molecule has 0 aromatic carbocycles. The molecule has 0 fully saturated rings. The van der Waals surface area contributed by atoms with E-state index < -0.39 is 0 Å². The van der Waals surface area contributed by atoms with Crippen LogP contribution in [0, 0.1) is 0 Å². The van der Waals surface area contributed by atoms with Crippen LogP contribution in [-0.2, 0) is 0 Å². The number of allylic oxidation sites excluding steroid dienone is 2. The van der Waals surface area contributed by atoms with Gasteiger partial charge in [0.1, 0.15) is 0 Å². The lowest BCUT2D eigenvalue weighted by atomic mass is 10.2. The molecule has 0 N–H and O–H groups in total. The second-order valence-electron chi connectivity index (χ2n) is 3.05. The molecule has 0 amide bonds. The van der Waals surface area contributed by atoms with Crippen LogP contribution in [0.5, 0.6) is 0 Å². The Balaban J connectivity index is 3.23. The average Bonchev–Trinajstić information content (AvgIpc) is 2.11. The minimum Gasteiger partial charge on any atom is -0.304 e. The third-order valence-electron chi connectivity index (χ3n) is 2.14. The molecule has 1 heteroatoms. The lowest BCUT2D eigenvalue weighted by Gasteiger charge is -2.16. The van der Waals surface area contributed by atoms with Crippen molar-refractivity contribution in [3.63, 3.8) is 0 Å². The van der Waals surface area contributed by atoms with E-state index in [9.17, 15) is 0 Å². The predicted molar refractivity (Wildman–Crippen MR) is 56.5 cm³/mol. The van der Waals surface area contributed by atoms with Crippen LogP contribution in [0.3, 0.4) is 0 Å². The third-order valence-corrected chi connectivity index (χ3v) is 2.14. The number of rotatable bonds is 7. The van der Waals surface area contributed by atoms with Crippen LogP contribution >= 0.6 is 0 Å². The summed E-state index contributed by atoms with van der Waals surface area (Å²) in [6.07, 6.45) is 8.26. The molecule has 0 saturated heterocycles. The van der Waals surface area contributed by atoms with Crippen molar-refractivity contribution < 1.29 is 0 Å². The van der Waals surface area contributed by atoms with Crippen molar-refractivity contribution in [3.05, 3.63) is 12.2 Å². The molecule has 0 unspecified atom stereocenters. The van der Waals surface area contributed by atoms with E-state index in [0.29, 0.717) is 0 Å². The highest BCUT2D eigenvalue weighted by Gasteiger charge is 1.95. The normalized spacial score (nSPS) is 11.7. The van der Waals surface area contributed by atoms with Gasteiger partial charge in [-0.2, -0.15) is 0 Å². The van der Waals surface area contributed by atoms with Crippen molar-refractivity contribution in [3.8, 4) is 0 Å². The maximum absolute atomic E-state index is 2.47. The molecular weight excluding hydrogens is 146 g/mol. The highest BCUT2D eigenvalue weighted by molar-refractivity contribution is 4.80. The molecule has 0 aromatic rings. The van der Waals surface area contributed by atoms with Crippen molar-refractivity contribution in [2.75, 3.05) is 19.6 Å². The smallest absolute Gasteiger partial charge is 0.00160 e. The van der Waals surface area contributed by atoms with Gasteiger partial charge in [0.05, 0.1) is 0 Å². The van der Waals surface area contributed by atoms with Crippen molar-refractivity contribution in [1.29, 1.82) is 0 Å². The molecule has 0 heterocycles. The van der Waals surface area contributed by atoms with Crippen LogP contribution in [0.25, 0.3) is 0 Å². The number of unbranched alkanes of at least 4 members (excludes halogenated alkanes) is 1. The van der Waals surface area contributed by atoms with Gasteiger partial charge in [0, 0.05) is 0 Å². The standard InChI is InChI=1S/C11H23N/c1-4-7-8-9-10-11-12(5-2)6-3/h7-8H,4-6,9-11H2,1-3H3. The monoisotopic (exact) mass is 169 g/mol. The lowest BCUT2D eigenvalue weighted by Crippen LogP contribution is -2.23. The summed E-state index contributed by atoms with van der Waals surface area (Å²) >= 11 is 0. The topological polar surface area (TPSA) is 3.24 Å². The van der Waals surface area contributed by atoms with Gasteiger partial charge in [0.25, 0.3) is 0 Å². The Hall–Kier alpha value is -0.300. The van der Waals surface area contributed by atoms with Gasteiger partial charge in [0.15, 0.2) is 0 Å². The van der Waals surface area contributed by atoms with E-state index >= 15 is 0 Å². The molecule has 0 atom stereocenters. The molecule has 0 bridgehead atoms. The molecule has 0 aliphatic rings. The predicted octanol–water partition coefficient (Wildman–Crippen LogP) is 3.07. The molecule has 0 aliphatic heterocycles. The van der Waals surface area contributed by atoms with Gasteiger partial charge in [-0.05, 0) is 38.9 Å². The van der Waals surface area contributed by atoms with Crippen LogP contribution in [0.1, 0.15) is 40.0 Å². The fraction of sp³-hybridized carbons (Fsp3) is 0.818. The Morgan fingerprint density at radius 2 is 1.67 bits per heavy atom. The first kappa shape index (κ1) is 11.7. The zero-order valence-corrected chi connectivity index (χ0v) is 8.84. The van der Waals surface area contributed by atoms with Gasteiger partial charge in [-0.25, -0.2) is 0 Å². The zero-order chi connectivity index (χ0) is 9.23. The Morgan fingerprint density at radius 3 is 2.17 bits per heavy atom. The summed E-state index contributed by atoms with van der Waals surface area (Å²) < 4.78 is 0. The maximum atomic E-state index is 2.47. The largest absolute Gasteiger partial charge is 0.304 e. The molecule has 1 nitrogen and oxygen atoms in total. The van der Waals surface area contributed by atoms with Crippen molar-refractivity contribution in [2.45, 2.75) is 40.0 Å². The minimum atomic E-state index is 1.17. The first-order valence-corrected chi connectivity index (χ1v) is 5.22. The molecule has 0 spiro atoms. The molecule has 0 rings (SSSR count). The fourth-order valence-electron chi connectivity index (χ4n) is 1.26. The van der Waals surface area contributed by atoms with Crippen LogP contribution in [0.4, 0.5) is 0 Å². The van der Waals surface area contributed by atoms with E-state index in [1.54, 1.807) is 0 Å². The van der Waals surface area contributed by atoms with E-state index in [0.717, 1.165) is 0 Å². The summed E-state index contributed by atoms with van der Waals surface area (Å²) in [7, 11) is 0. The highest BCUT2D eigenvalue weighted by atomic mass is 15.1. The molecule has 0 aromatic heterocycles. The average molecular weight is 169 g/mol. The summed E-state index contributed by atoms with van der Waals surface area (Å²) in [5, 5.41) is 0. The van der Waals surface area contributed by atoms with Gasteiger partial charge in [-0.1, -0.05) is 32.9 Å². The van der Waals surface area contributed by atoms with Gasteiger partial charge in [0.2, 0.25) is 0 Å². The second-order valence-corrected chi connectivity index (χ2v) is 3.05. The molecule has 0 aliphatic carbocycles.